The zero-order chi connectivity index (χ0) is 30.4. The summed E-state index contributed by atoms with van der Waals surface area (Å²) in [5.41, 5.74) is 2.74. The number of carbonyl (C=O) groups excluding carboxylic acids is 3. The first-order valence-electron chi connectivity index (χ1n) is 14.4. The van der Waals surface area contributed by atoms with Crippen LogP contribution in [0.1, 0.15) is 33.5 Å². The van der Waals surface area contributed by atoms with Gasteiger partial charge in [-0.15, -0.1) is 0 Å². The van der Waals surface area contributed by atoms with Crippen molar-refractivity contribution in [2.24, 2.45) is 0 Å². The van der Waals surface area contributed by atoms with Crippen molar-refractivity contribution in [2.45, 2.75) is 18.9 Å². The lowest BCUT2D eigenvalue weighted by molar-refractivity contribution is -0.139. The van der Waals surface area contributed by atoms with Gasteiger partial charge in [-0.1, -0.05) is 66.7 Å². The first kappa shape index (κ1) is 31.5. The van der Waals surface area contributed by atoms with Crippen LogP contribution < -0.4 is 20.1 Å². The Morgan fingerprint density at radius 1 is 0.907 bits per heavy atom. The predicted molar refractivity (Wildman–Crippen MR) is 166 cm³/mol. The van der Waals surface area contributed by atoms with Crippen molar-refractivity contribution < 1.29 is 28.6 Å². The van der Waals surface area contributed by atoms with Crippen molar-refractivity contribution in [1.82, 2.24) is 15.5 Å². The first-order chi connectivity index (χ1) is 21.0. The van der Waals surface area contributed by atoms with Crippen LogP contribution in [0, 0.1) is 0 Å². The minimum Gasteiger partial charge on any atom is -0.493 e. The average molecular weight is 586 g/mol. The fourth-order valence-corrected chi connectivity index (χ4v) is 4.86. The highest BCUT2D eigenvalue weighted by molar-refractivity contribution is 6.38. The second-order valence-electron chi connectivity index (χ2n) is 10.2. The molecule has 226 valence electrons. The van der Waals surface area contributed by atoms with Gasteiger partial charge < -0.3 is 24.8 Å². The minimum absolute atomic E-state index is 0.191. The van der Waals surface area contributed by atoms with E-state index in [0.29, 0.717) is 48.8 Å². The monoisotopic (exact) mass is 585 g/mol. The molecule has 0 saturated carbocycles. The van der Waals surface area contributed by atoms with Crippen molar-refractivity contribution in [2.75, 3.05) is 53.6 Å². The summed E-state index contributed by atoms with van der Waals surface area (Å²) in [5.74, 6) is -0.610. The van der Waals surface area contributed by atoms with Gasteiger partial charge in [0.05, 0.1) is 27.4 Å². The molecule has 1 aliphatic heterocycles. The van der Waals surface area contributed by atoms with Gasteiger partial charge in [0.15, 0.2) is 11.5 Å². The van der Waals surface area contributed by atoms with Crippen molar-refractivity contribution in [3.8, 4) is 11.5 Å². The number of carbonyl (C=O) groups is 3. The van der Waals surface area contributed by atoms with E-state index in [9.17, 15) is 14.4 Å². The summed E-state index contributed by atoms with van der Waals surface area (Å²) >= 11 is 0. The van der Waals surface area contributed by atoms with Crippen LogP contribution in [0.5, 0.6) is 11.5 Å². The van der Waals surface area contributed by atoms with Crippen molar-refractivity contribution in [3.05, 3.63) is 95.1 Å². The van der Waals surface area contributed by atoms with Gasteiger partial charge in [0.1, 0.15) is 6.04 Å². The highest BCUT2D eigenvalue weighted by Crippen LogP contribution is 2.28. The van der Waals surface area contributed by atoms with E-state index >= 15 is 0 Å². The van der Waals surface area contributed by atoms with Crippen LogP contribution in [0.2, 0.25) is 0 Å². The summed E-state index contributed by atoms with van der Waals surface area (Å²) in [7, 11) is 3.15. The Kier molecular flexibility index (Phi) is 11.9. The summed E-state index contributed by atoms with van der Waals surface area (Å²) in [6.45, 7) is 4.33. The maximum Gasteiger partial charge on any atom is 0.289 e. The molecule has 0 radical (unpaired) electrons. The Morgan fingerprint density at radius 3 is 2.37 bits per heavy atom. The summed E-state index contributed by atoms with van der Waals surface area (Å²) in [5, 5.41) is 5.58. The van der Waals surface area contributed by atoms with E-state index in [1.807, 2.05) is 72.8 Å². The fourth-order valence-electron chi connectivity index (χ4n) is 4.86. The largest absolute Gasteiger partial charge is 0.493 e. The number of morpholine rings is 1. The predicted octanol–water partition coefficient (Wildman–Crippen LogP) is 3.62. The molecule has 0 unspecified atom stereocenters. The van der Waals surface area contributed by atoms with Crippen LogP contribution in [-0.2, 0) is 20.7 Å². The molecule has 4 rings (SSSR count). The normalized spacial score (nSPS) is 14.2. The molecule has 0 aliphatic carbocycles. The number of ether oxygens (including phenoxy) is 3. The molecule has 1 fully saturated rings. The maximum absolute atomic E-state index is 13.5. The summed E-state index contributed by atoms with van der Waals surface area (Å²) in [6, 6.07) is 20.9. The maximum atomic E-state index is 13.5. The molecule has 1 heterocycles. The number of nitrogens with zero attached hydrogens (tertiary/aromatic N) is 1. The van der Waals surface area contributed by atoms with E-state index in [0.717, 1.165) is 30.8 Å². The van der Waals surface area contributed by atoms with Crippen LogP contribution in [0.15, 0.2) is 72.8 Å². The molecule has 9 heteroatoms. The Labute approximate surface area is 252 Å². The van der Waals surface area contributed by atoms with Gasteiger partial charge in [-0.3, -0.25) is 19.3 Å². The molecule has 0 bridgehead atoms. The number of Topliss-reactive ketones (excluding diaryl/α,β-unsaturated/α-hetero) is 1. The second-order valence-corrected chi connectivity index (χ2v) is 10.2. The summed E-state index contributed by atoms with van der Waals surface area (Å²) in [4.78, 5) is 42.0. The molecule has 1 saturated heterocycles. The molecule has 0 spiro atoms. The van der Waals surface area contributed by atoms with Gasteiger partial charge in [-0.05, 0) is 47.9 Å². The molecule has 2 N–H and O–H groups in total. The first-order valence-corrected chi connectivity index (χ1v) is 14.4. The Bertz CT molecular complexity index is 1400. The zero-order valence-electron chi connectivity index (χ0n) is 24.7. The highest BCUT2D eigenvalue weighted by Gasteiger charge is 2.28. The zero-order valence-corrected chi connectivity index (χ0v) is 24.7. The summed E-state index contributed by atoms with van der Waals surface area (Å²) in [6.07, 6.45) is 4.60. The highest BCUT2D eigenvalue weighted by atomic mass is 16.5. The number of methoxy groups -OCH3 is 2. The molecule has 2 amide bonds. The third-order valence-electron chi connectivity index (χ3n) is 7.24. The fraction of sp³-hybridized carbons (Fsp3) is 0.324. The number of hydrogen-bond acceptors (Lipinski definition) is 7. The topological polar surface area (TPSA) is 106 Å². The average Bonchev–Trinajstić information content (AvgIpc) is 3.05. The quantitative estimate of drug-likeness (QED) is 0.169. The van der Waals surface area contributed by atoms with E-state index < -0.39 is 23.6 Å². The van der Waals surface area contributed by atoms with E-state index in [1.54, 1.807) is 26.4 Å². The van der Waals surface area contributed by atoms with Gasteiger partial charge in [-0.25, -0.2) is 0 Å². The number of rotatable bonds is 14. The van der Waals surface area contributed by atoms with Gasteiger partial charge in [0.25, 0.3) is 11.8 Å². The smallest absolute Gasteiger partial charge is 0.289 e. The molecule has 1 aliphatic rings. The van der Waals surface area contributed by atoms with Crippen LogP contribution in [0.4, 0.5) is 0 Å². The van der Waals surface area contributed by atoms with E-state index in [-0.39, 0.29) is 6.42 Å². The van der Waals surface area contributed by atoms with Crippen LogP contribution >= 0.6 is 0 Å². The van der Waals surface area contributed by atoms with E-state index in [4.69, 9.17) is 14.2 Å². The molecule has 1 atom stereocenters. The van der Waals surface area contributed by atoms with Gasteiger partial charge in [-0.2, -0.15) is 0 Å². The molecule has 0 aromatic heterocycles. The van der Waals surface area contributed by atoms with Crippen molar-refractivity contribution >= 4 is 29.7 Å². The van der Waals surface area contributed by atoms with Crippen LogP contribution in [-0.4, -0.2) is 82.2 Å². The van der Waals surface area contributed by atoms with Gasteiger partial charge >= 0.3 is 0 Å². The molecule has 43 heavy (non-hydrogen) atoms. The molecule has 3 aromatic rings. The van der Waals surface area contributed by atoms with Gasteiger partial charge in [0, 0.05) is 31.6 Å². The lowest BCUT2D eigenvalue weighted by Gasteiger charge is -2.26. The molecule has 9 nitrogen and oxygen atoms in total. The number of ketones is 1. The lowest BCUT2D eigenvalue weighted by atomic mass is 10.00. The number of nitrogens with one attached hydrogen (secondary N) is 2. The van der Waals surface area contributed by atoms with Gasteiger partial charge in [0.2, 0.25) is 5.78 Å². The van der Waals surface area contributed by atoms with E-state index in [1.165, 1.54) is 0 Å². The molecular formula is C34H39N3O6. The van der Waals surface area contributed by atoms with Crippen molar-refractivity contribution in [3.63, 3.8) is 0 Å². The Morgan fingerprint density at radius 2 is 1.63 bits per heavy atom. The SMILES string of the molecule is COc1ccc(C=Cc2ccccc2C(=O)N[C@@H](Cc2ccccc2)C(=O)C(=O)NCCCN2CCOCC2)cc1OC. The summed E-state index contributed by atoms with van der Waals surface area (Å²) < 4.78 is 16.1. The van der Waals surface area contributed by atoms with E-state index in [2.05, 4.69) is 15.5 Å². The van der Waals surface area contributed by atoms with Crippen LogP contribution in [0.25, 0.3) is 12.2 Å². The third kappa shape index (κ3) is 9.26. The third-order valence-corrected chi connectivity index (χ3v) is 7.24. The Balaban J connectivity index is 1.45. The van der Waals surface area contributed by atoms with Crippen molar-refractivity contribution in [1.29, 1.82) is 0 Å². The standard InChI is InChI=1S/C34H39N3O6/c1-41-30-16-14-26(24-31(30)42-2)13-15-27-11-6-7-12-28(27)33(39)36-29(23-25-9-4-3-5-10-25)32(38)34(40)35-17-8-18-37-19-21-43-22-20-37/h3-7,9-16,24,29H,8,17-23H2,1-2H3,(H,35,40)(H,36,39)/t29-/m0/s1. The Hall–Kier alpha value is -4.47. The molecular weight excluding hydrogens is 546 g/mol. The lowest BCUT2D eigenvalue weighted by Crippen LogP contribution is -2.49. The minimum atomic E-state index is -1.03. The number of hydrogen-bond donors (Lipinski definition) is 2. The second kappa shape index (κ2) is 16.2. The van der Waals surface area contributed by atoms with Crippen LogP contribution in [0.3, 0.4) is 0 Å². The molecule has 3 aromatic carbocycles. The number of benzene rings is 3. The number of amides is 2.